The minimum Gasteiger partial charge on any atom is -0.493 e. The van der Waals surface area contributed by atoms with E-state index in [1.165, 1.54) is 17.3 Å². The Morgan fingerprint density at radius 3 is 2.59 bits per heavy atom. The van der Waals surface area contributed by atoms with Gasteiger partial charge in [0.25, 0.3) is 5.91 Å². The normalized spacial score (nSPS) is 16.5. The van der Waals surface area contributed by atoms with E-state index in [0.717, 1.165) is 17.7 Å². The van der Waals surface area contributed by atoms with Gasteiger partial charge in [-0.25, -0.2) is 4.99 Å². The number of thioether (sulfide) groups is 1. The summed E-state index contributed by atoms with van der Waals surface area (Å²) in [6, 6.07) is 13.6. The van der Waals surface area contributed by atoms with Gasteiger partial charge in [-0.05, 0) is 59.7 Å². The van der Waals surface area contributed by atoms with Gasteiger partial charge in [0.1, 0.15) is 6.61 Å². The Morgan fingerprint density at radius 1 is 1.17 bits per heavy atom. The van der Waals surface area contributed by atoms with E-state index in [-0.39, 0.29) is 5.91 Å². The lowest BCUT2D eigenvalue weighted by molar-refractivity contribution is -0.121. The second-order valence-electron chi connectivity index (χ2n) is 6.40. The van der Waals surface area contributed by atoms with Crippen molar-refractivity contribution in [3.8, 4) is 11.5 Å². The van der Waals surface area contributed by atoms with Crippen molar-refractivity contribution in [2.45, 2.75) is 13.3 Å². The number of benzene rings is 2. The summed E-state index contributed by atoms with van der Waals surface area (Å²) in [5, 5.41) is 0.656. The number of likely N-dealkylation sites (N-methyl/N-ethyl adjacent to an activating group) is 1. The SMILES string of the molecule is C=CCOc1ccc(/C=C2\SC(=Nc3ccc(CC)cc3)N(C)C2=O)cc1OC. The van der Waals surface area contributed by atoms with Gasteiger partial charge in [-0.2, -0.15) is 0 Å². The molecule has 29 heavy (non-hydrogen) atoms. The molecule has 0 aliphatic carbocycles. The van der Waals surface area contributed by atoms with Crippen molar-refractivity contribution in [1.29, 1.82) is 0 Å². The van der Waals surface area contributed by atoms with Crippen molar-refractivity contribution in [2.75, 3.05) is 20.8 Å². The largest absolute Gasteiger partial charge is 0.493 e. The highest BCUT2D eigenvalue weighted by molar-refractivity contribution is 8.18. The van der Waals surface area contributed by atoms with Crippen molar-refractivity contribution in [3.05, 3.63) is 71.2 Å². The molecule has 3 rings (SSSR count). The van der Waals surface area contributed by atoms with Gasteiger partial charge in [-0.3, -0.25) is 9.69 Å². The lowest BCUT2D eigenvalue weighted by Gasteiger charge is -2.10. The number of methoxy groups -OCH3 is 1. The molecule has 0 unspecified atom stereocenters. The molecule has 2 aromatic carbocycles. The van der Waals surface area contributed by atoms with Gasteiger partial charge in [0.2, 0.25) is 0 Å². The van der Waals surface area contributed by atoms with E-state index in [1.54, 1.807) is 25.1 Å². The third kappa shape index (κ3) is 4.90. The number of amidine groups is 1. The van der Waals surface area contributed by atoms with E-state index in [2.05, 4.69) is 30.6 Å². The number of nitrogens with zero attached hydrogens (tertiary/aromatic N) is 2. The van der Waals surface area contributed by atoms with E-state index in [1.807, 2.05) is 36.4 Å². The Hall–Kier alpha value is -2.99. The molecule has 0 saturated carbocycles. The highest BCUT2D eigenvalue weighted by Gasteiger charge is 2.30. The fourth-order valence-corrected chi connectivity index (χ4v) is 3.75. The van der Waals surface area contributed by atoms with Crippen LogP contribution in [0.4, 0.5) is 5.69 Å². The second-order valence-corrected chi connectivity index (χ2v) is 7.41. The summed E-state index contributed by atoms with van der Waals surface area (Å²) in [4.78, 5) is 19.5. The molecule has 0 aromatic heterocycles. The molecule has 6 heteroatoms. The van der Waals surface area contributed by atoms with Gasteiger partial charge in [0.15, 0.2) is 16.7 Å². The lowest BCUT2D eigenvalue weighted by Crippen LogP contribution is -2.23. The zero-order valence-electron chi connectivity index (χ0n) is 16.8. The molecule has 1 aliphatic heterocycles. The van der Waals surface area contributed by atoms with Crippen LogP contribution < -0.4 is 9.47 Å². The Labute approximate surface area is 175 Å². The third-order valence-electron chi connectivity index (χ3n) is 4.42. The summed E-state index contributed by atoms with van der Waals surface area (Å²) < 4.78 is 11.0. The first kappa shape index (κ1) is 20.7. The van der Waals surface area contributed by atoms with Crippen LogP contribution in [0.5, 0.6) is 11.5 Å². The molecule has 1 saturated heterocycles. The van der Waals surface area contributed by atoms with Crippen LogP contribution >= 0.6 is 11.8 Å². The molecular formula is C23H24N2O3S. The molecule has 1 fully saturated rings. The minimum atomic E-state index is -0.0788. The van der Waals surface area contributed by atoms with Crippen LogP contribution in [0, 0.1) is 0 Å². The van der Waals surface area contributed by atoms with Crippen molar-refractivity contribution in [3.63, 3.8) is 0 Å². The maximum Gasteiger partial charge on any atom is 0.266 e. The first-order chi connectivity index (χ1) is 14.0. The maximum atomic E-state index is 12.7. The number of ether oxygens (including phenoxy) is 2. The summed E-state index contributed by atoms with van der Waals surface area (Å²) >= 11 is 1.36. The zero-order chi connectivity index (χ0) is 20.8. The molecule has 150 valence electrons. The summed E-state index contributed by atoms with van der Waals surface area (Å²) in [5.41, 5.74) is 2.94. The van der Waals surface area contributed by atoms with Crippen LogP contribution in [0.25, 0.3) is 6.08 Å². The van der Waals surface area contributed by atoms with Gasteiger partial charge in [-0.1, -0.05) is 37.8 Å². The van der Waals surface area contributed by atoms with Gasteiger partial charge in [-0.15, -0.1) is 0 Å². The molecular weight excluding hydrogens is 384 g/mol. The predicted molar refractivity (Wildman–Crippen MR) is 120 cm³/mol. The average Bonchev–Trinajstić information content (AvgIpc) is 3.01. The van der Waals surface area contributed by atoms with Crippen molar-refractivity contribution in [1.82, 2.24) is 4.90 Å². The third-order valence-corrected chi connectivity index (χ3v) is 5.48. The van der Waals surface area contributed by atoms with Gasteiger partial charge < -0.3 is 9.47 Å². The highest BCUT2D eigenvalue weighted by Crippen LogP contribution is 2.35. The van der Waals surface area contributed by atoms with Crippen LogP contribution in [0.3, 0.4) is 0 Å². The number of amides is 1. The van der Waals surface area contributed by atoms with Crippen LogP contribution in [0.1, 0.15) is 18.1 Å². The van der Waals surface area contributed by atoms with Gasteiger partial charge in [0.05, 0.1) is 17.7 Å². The fourth-order valence-electron chi connectivity index (χ4n) is 2.76. The van der Waals surface area contributed by atoms with E-state index >= 15 is 0 Å². The smallest absolute Gasteiger partial charge is 0.266 e. The van der Waals surface area contributed by atoms with Crippen molar-refractivity contribution < 1.29 is 14.3 Å². The highest BCUT2D eigenvalue weighted by atomic mass is 32.2. The van der Waals surface area contributed by atoms with Gasteiger partial charge in [0, 0.05) is 7.05 Å². The second kappa shape index (κ2) is 9.47. The zero-order valence-corrected chi connectivity index (χ0v) is 17.7. The Balaban J connectivity index is 1.83. The first-order valence-corrected chi connectivity index (χ1v) is 10.1. The summed E-state index contributed by atoms with van der Waals surface area (Å²) in [5.74, 6) is 1.16. The quantitative estimate of drug-likeness (QED) is 0.475. The topological polar surface area (TPSA) is 51.1 Å². The van der Waals surface area contributed by atoms with Crippen molar-refractivity contribution in [2.24, 2.45) is 4.99 Å². The van der Waals surface area contributed by atoms with Crippen LogP contribution in [-0.4, -0.2) is 36.7 Å². The van der Waals surface area contributed by atoms with Crippen LogP contribution in [-0.2, 0) is 11.2 Å². The molecule has 0 spiro atoms. The Morgan fingerprint density at radius 2 is 1.93 bits per heavy atom. The number of hydrogen-bond acceptors (Lipinski definition) is 5. The molecule has 0 atom stereocenters. The van der Waals surface area contributed by atoms with Crippen LogP contribution in [0.15, 0.2) is 65.0 Å². The number of aliphatic imine (C=N–C) groups is 1. The van der Waals surface area contributed by atoms with E-state index in [0.29, 0.717) is 28.2 Å². The Bertz CT molecular complexity index is 965. The van der Waals surface area contributed by atoms with Gasteiger partial charge >= 0.3 is 0 Å². The monoisotopic (exact) mass is 408 g/mol. The maximum absolute atomic E-state index is 12.7. The van der Waals surface area contributed by atoms with E-state index < -0.39 is 0 Å². The molecule has 0 bridgehead atoms. The number of rotatable bonds is 7. The number of carbonyl (C=O) groups excluding carboxylic acids is 1. The molecule has 2 aromatic rings. The first-order valence-electron chi connectivity index (χ1n) is 9.32. The number of hydrogen-bond donors (Lipinski definition) is 0. The van der Waals surface area contributed by atoms with E-state index in [9.17, 15) is 4.79 Å². The predicted octanol–water partition coefficient (Wildman–Crippen LogP) is 5.06. The number of carbonyl (C=O) groups is 1. The molecule has 1 amide bonds. The molecule has 0 N–H and O–H groups in total. The Kier molecular flexibility index (Phi) is 6.77. The lowest BCUT2D eigenvalue weighted by atomic mass is 10.2. The molecule has 1 aliphatic rings. The minimum absolute atomic E-state index is 0.0788. The molecule has 1 heterocycles. The molecule has 5 nitrogen and oxygen atoms in total. The standard InChI is InChI=1S/C23H24N2O3S/c1-5-13-28-19-12-9-17(14-20(19)27-4)15-21-22(26)25(3)23(29-21)24-18-10-7-16(6-2)8-11-18/h5,7-12,14-15H,1,6,13H2,2-4H3/b21-15-,24-23?. The molecule has 0 radical (unpaired) electrons. The fraction of sp³-hybridized carbons (Fsp3) is 0.217. The van der Waals surface area contributed by atoms with E-state index in [4.69, 9.17) is 9.47 Å². The summed E-state index contributed by atoms with van der Waals surface area (Å²) in [7, 11) is 3.33. The average molecular weight is 409 g/mol. The van der Waals surface area contributed by atoms with Crippen molar-refractivity contribution >= 4 is 34.6 Å². The summed E-state index contributed by atoms with van der Waals surface area (Å²) in [6.45, 7) is 6.16. The summed E-state index contributed by atoms with van der Waals surface area (Å²) in [6.07, 6.45) is 4.50. The number of aryl methyl sites for hydroxylation is 1. The van der Waals surface area contributed by atoms with Crippen LogP contribution in [0.2, 0.25) is 0 Å².